The topological polar surface area (TPSA) is 102 Å². The first-order valence-corrected chi connectivity index (χ1v) is 11.7. The van der Waals surface area contributed by atoms with Crippen LogP contribution in [-0.4, -0.2) is 47.6 Å². The van der Waals surface area contributed by atoms with Crippen LogP contribution in [0.1, 0.15) is 43.4 Å². The van der Waals surface area contributed by atoms with Crippen LogP contribution in [0.15, 0.2) is 42.5 Å². The molecule has 1 fully saturated rings. The highest BCUT2D eigenvalue weighted by molar-refractivity contribution is 5.91. The summed E-state index contributed by atoms with van der Waals surface area (Å²) in [5, 5.41) is 2.65. The predicted octanol–water partition coefficient (Wildman–Crippen LogP) is 3.32. The van der Waals surface area contributed by atoms with E-state index in [0.29, 0.717) is 6.42 Å². The Morgan fingerprint density at radius 1 is 1.18 bits per heavy atom. The number of alkyl halides is 1. The lowest BCUT2D eigenvalue weighted by atomic mass is 9.97. The standard InChI is InChI=1S/C26H30FN3O4/c1-3-15(2)23(25(32)30-13-18(27)12-22(30)24(28)31)29-26(33)34-14-17-8-6-10-20-19-9-5-4-7-16(19)11-21(17)20/h4-10,15,18,22-23H,3,11-14H2,1-2H3,(H2,28,31)(H,29,33)/t15-,18+,22-,23-/m0/s1. The zero-order valence-corrected chi connectivity index (χ0v) is 19.4. The van der Waals surface area contributed by atoms with E-state index in [1.54, 1.807) is 0 Å². The molecule has 0 spiro atoms. The van der Waals surface area contributed by atoms with Crippen LogP contribution < -0.4 is 11.1 Å². The third kappa shape index (κ3) is 4.62. The fourth-order valence-electron chi connectivity index (χ4n) is 4.83. The summed E-state index contributed by atoms with van der Waals surface area (Å²) in [5.41, 5.74) is 11.0. The highest BCUT2D eigenvalue weighted by Gasteiger charge is 2.42. The quantitative estimate of drug-likeness (QED) is 0.557. The second-order valence-corrected chi connectivity index (χ2v) is 9.10. The lowest BCUT2D eigenvalue weighted by Crippen LogP contribution is -2.55. The molecule has 1 aliphatic carbocycles. The molecule has 0 unspecified atom stereocenters. The number of carbonyl (C=O) groups is 3. The van der Waals surface area contributed by atoms with Crippen LogP contribution in [0, 0.1) is 5.92 Å². The van der Waals surface area contributed by atoms with Crippen molar-refractivity contribution < 1.29 is 23.5 Å². The summed E-state index contributed by atoms with van der Waals surface area (Å²) in [5.74, 6) is -1.52. The summed E-state index contributed by atoms with van der Waals surface area (Å²) in [7, 11) is 0. The van der Waals surface area contributed by atoms with E-state index < -0.39 is 36.2 Å². The molecule has 4 atom stereocenters. The molecular weight excluding hydrogens is 437 g/mol. The Morgan fingerprint density at radius 2 is 1.91 bits per heavy atom. The van der Waals surface area contributed by atoms with Crippen molar-refractivity contribution in [2.75, 3.05) is 6.54 Å². The van der Waals surface area contributed by atoms with Crippen molar-refractivity contribution in [2.24, 2.45) is 11.7 Å². The predicted molar refractivity (Wildman–Crippen MR) is 125 cm³/mol. The molecule has 2 aliphatic rings. The molecule has 1 heterocycles. The van der Waals surface area contributed by atoms with Gasteiger partial charge in [-0.25, -0.2) is 9.18 Å². The Kier molecular flexibility index (Phi) is 6.86. The van der Waals surface area contributed by atoms with E-state index in [1.807, 2.05) is 38.1 Å². The van der Waals surface area contributed by atoms with Gasteiger partial charge in [-0.2, -0.15) is 0 Å². The van der Waals surface area contributed by atoms with Crippen molar-refractivity contribution in [2.45, 2.75) is 58.0 Å². The minimum atomic E-state index is -1.32. The molecule has 0 saturated carbocycles. The van der Waals surface area contributed by atoms with Gasteiger partial charge in [-0.05, 0) is 40.2 Å². The maximum Gasteiger partial charge on any atom is 0.408 e. The van der Waals surface area contributed by atoms with Crippen LogP contribution in [0.4, 0.5) is 9.18 Å². The molecule has 34 heavy (non-hydrogen) atoms. The Balaban J connectivity index is 1.44. The smallest absolute Gasteiger partial charge is 0.408 e. The zero-order valence-electron chi connectivity index (χ0n) is 19.4. The van der Waals surface area contributed by atoms with E-state index in [2.05, 4.69) is 23.5 Å². The average Bonchev–Trinajstić information content (AvgIpc) is 3.41. The van der Waals surface area contributed by atoms with Gasteiger partial charge >= 0.3 is 6.09 Å². The van der Waals surface area contributed by atoms with E-state index in [9.17, 15) is 18.8 Å². The monoisotopic (exact) mass is 467 g/mol. The third-order valence-corrected chi connectivity index (χ3v) is 6.92. The van der Waals surface area contributed by atoms with Crippen LogP contribution in [-0.2, 0) is 27.4 Å². The lowest BCUT2D eigenvalue weighted by Gasteiger charge is -2.30. The number of nitrogens with zero attached hydrogens (tertiary/aromatic N) is 1. The number of fused-ring (bicyclic) bond motifs is 3. The van der Waals surface area contributed by atoms with Crippen LogP contribution in [0.25, 0.3) is 11.1 Å². The number of rotatable bonds is 7. The molecule has 2 aromatic carbocycles. The number of hydrogen-bond acceptors (Lipinski definition) is 4. The van der Waals surface area contributed by atoms with Gasteiger partial charge < -0.3 is 20.7 Å². The van der Waals surface area contributed by atoms with Crippen molar-refractivity contribution in [1.82, 2.24) is 10.2 Å². The van der Waals surface area contributed by atoms with E-state index in [1.165, 1.54) is 11.1 Å². The molecule has 4 rings (SSSR count). The number of alkyl carbamates (subject to hydrolysis) is 1. The minimum Gasteiger partial charge on any atom is -0.445 e. The summed E-state index contributed by atoms with van der Waals surface area (Å²) in [6.07, 6.45) is -0.821. The molecule has 0 radical (unpaired) electrons. The number of likely N-dealkylation sites (tertiary alicyclic amines) is 1. The number of carbonyl (C=O) groups excluding carboxylic acids is 3. The van der Waals surface area contributed by atoms with Crippen molar-refractivity contribution >= 4 is 17.9 Å². The lowest BCUT2D eigenvalue weighted by molar-refractivity contribution is -0.140. The molecule has 3 N–H and O–H groups in total. The zero-order chi connectivity index (χ0) is 24.4. The van der Waals surface area contributed by atoms with E-state index >= 15 is 0 Å². The number of primary amides is 1. The molecule has 7 nitrogen and oxygen atoms in total. The van der Waals surface area contributed by atoms with Gasteiger partial charge in [0.05, 0.1) is 6.54 Å². The number of nitrogens with two attached hydrogens (primary N) is 1. The molecule has 0 aromatic heterocycles. The Hall–Kier alpha value is -3.42. The first-order chi connectivity index (χ1) is 16.3. The number of nitrogens with one attached hydrogen (secondary N) is 1. The van der Waals surface area contributed by atoms with Crippen molar-refractivity contribution in [1.29, 1.82) is 0 Å². The van der Waals surface area contributed by atoms with Gasteiger partial charge in [0.15, 0.2) is 0 Å². The van der Waals surface area contributed by atoms with Crippen molar-refractivity contribution in [3.05, 3.63) is 59.2 Å². The van der Waals surface area contributed by atoms with Gasteiger partial charge in [-0.3, -0.25) is 9.59 Å². The summed E-state index contributed by atoms with van der Waals surface area (Å²) < 4.78 is 19.5. The Morgan fingerprint density at radius 3 is 2.65 bits per heavy atom. The fraction of sp³-hybridized carbons (Fsp3) is 0.423. The van der Waals surface area contributed by atoms with Crippen molar-refractivity contribution in [3.8, 4) is 11.1 Å². The van der Waals surface area contributed by atoms with Crippen LogP contribution in [0.3, 0.4) is 0 Å². The molecular formula is C26H30FN3O4. The third-order valence-electron chi connectivity index (χ3n) is 6.92. The average molecular weight is 468 g/mol. The molecule has 2 aromatic rings. The van der Waals surface area contributed by atoms with Gasteiger partial charge in [0.2, 0.25) is 11.8 Å². The van der Waals surface area contributed by atoms with E-state index in [0.717, 1.165) is 28.0 Å². The maximum absolute atomic E-state index is 14.0. The molecule has 0 bridgehead atoms. The number of benzene rings is 2. The van der Waals surface area contributed by atoms with E-state index in [-0.39, 0.29) is 25.5 Å². The van der Waals surface area contributed by atoms with Crippen LogP contribution in [0.2, 0.25) is 0 Å². The number of halogens is 1. The highest BCUT2D eigenvalue weighted by Crippen LogP contribution is 2.38. The fourth-order valence-corrected chi connectivity index (χ4v) is 4.83. The van der Waals surface area contributed by atoms with Gasteiger partial charge in [0, 0.05) is 6.42 Å². The summed E-state index contributed by atoms with van der Waals surface area (Å²) in [6, 6.07) is 12.2. The largest absolute Gasteiger partial charge is 0.445 e. The van der Waals surface area contributed by atoms with Crippen molar-refractivity contribution in [3.63, 3.8) is 0 Å². The molecule has 3 amide bonds. The molecule has 8 heteroatoms. The number of hydrogen-bond donors (Lipinski definition) is 2. The van der Waals surface area contributed by atoms with E-state index in [4.69, 9.17) is 10.5 Å². The van der Waals surface area contributed by atoms with Crippen LogP contribution in [0.5, 0.6) is 0 Å². The van der Waals surface area contributed by atoms with Crippen LogP contribution >= 0.6 is 0 Å². The van der Waals surface area contributed by atoms with Gasteiger partial charge in [0.25, 0.3) is 0 Å². The Labute approximate surface area is 198 Å². The highest BCUT2D eigenvalue weighted by atomic mass is 19.1. The Bertz CT molecular complexity index is 1110. The normalized spacial score (nSPS) is 20.3. The summed E-state index contributed by atoms with van der Waals surface area (Å²) >= 11 is 0. The summed E-state index contributed by atoms with van der Waals surface area (Å²) in [4.78, 5) is 38.7. The van der Waals surface area contributed by atoms with Gasteiger partial charge in [-0.15, -0.1) is 0 Å². The minimum absolute atomic E-state index is 0.0601. The molecule has 1 saturated heterocycles. The maximum atomic E-state index is 14.0. The molecule has 1 aliphatic heterocycles. The first kappa shape index (κ1) is 23.7. The SMILES string of the molecule is CC[C@H](C)[C@H](NC(=O)OCc1cccc2c1Cc1ccccc1-2)C(=O)N1C[C@H](F)C[C@H]1C(N)=O. The second-order valence-electron chi connectivity index (χ2n) is 9.10. The first-order valence-electron chi connectivity index (χ1n) is 11.7. The number of amides is 3. The summed E-state index contributed by atoms with van der Waals surface area (Å²) in [6.45, 7) is 3.54. The molecule has 180 valence electrons. The van der Waals surface area contributed by atoms with Gasteiger partial charge in [-0.1, -0.05) is 62.7 Å². The van der Waals surface area contributed by atoms with Gasteiger partial charge in [0.1, 0.15) is 24.9 Å². The number of ether oxygens (including phenoxy) is 1. The second kappa shape index (κ2) is 9.83.